The number of fused-ring (bicyclic) bond motifs is 2. The van der Waals surface area contributed by atoms with Gasteiger partial charge in [0.15, 0.2) is 0 Å². The Morgan fingerprint density at radius 2 is 1.77 bits per heavy atom. The largest absolute Gasteiger partial charge is 0.374 e. The van der Waals surface area contributed by atoms with Crippen molar-refractivity contribution < 1.29 is 18.4 Å². The number of alkyl halides is 1. The molecule has 2 atom stereocenters. The van der Waals surface area contributed by atoms with E-state index in [2.05, 4.69) is 15.5 Å². The van der Waals surface area contributed by atoms with Gasteiger partial charge < -0.3 is 19.7 Å². The third kappa shape index (κ3) is 6.46. The number of rotatable bonds is 7. The molecule has 13 heteroatoms. The number of amides is 2. The number of aromatic nitrogens is 3. The topological polar surface area (TPSA) is 104 Å². The lowest BCUT2D eigenvalue weighted by Crippen LogP contribution is -2.47. The van der Waals surface area contributed by atoms with Crippen molar-refractivity contribution in [2.24, 2.45) is 7.05 Å². The molecule has 270 valence electrons. The summed E-state index contributed by atoms with van der Waals surface area (Å²) in [4.78, 5) is 40.5. The highest BCUT2D eigenvalue weighted by Crippen LogP contribution is 2.42. The molecule has 5 heterocycles. The summed E-state index contributed by atoms with van der Waals surface area (Å²) in [6.07, 6.45) is 5.84. The molecule has 5 aromatic rings. The van der Waals surface area contributed by atoms with Gasteiger partial charge in [-0.15, -0.1) is 0 Å². The predicted octanol–water partition coefficient (Wildman–Crippen LogP) is 6.13. The molecular formula is C40H40BF2N7O3. The molecule has 2 amide bonds. The highest BCUT2D eigenvalue weighted by molar-refractivity contribution is 6.12. The molecule has 8 rings (SSSR count). The van der Waals surface area contributed by atoms with Gasteiger partial charge in [0, 0.05) is 67.2 Å². The Hall–Kier alpha value is -5.46. The van der Waals surface area contributed by atoms with Crippen LogP contribution in [-0.2, 0) is 23.1 Å². The number of carbonyl (C=O) groups is 2. The number of carbonyl (C=O) groups excluding carboxylic acids is 2. The number of hydrogen-bond donors (Lipinski definition) is 2. The monoisotopic (exact) mass is 715 g/mol. The Kier molecular flexibility index (Phi) is 9.04. The summed E-state index contributed by atoms with van der Waals surface area (Å²) in [5, 5.41) is 11.0. The molecule has 53 heavy (non-hydrogen) atoms. The fourth-order valence-electron chi connectivity index (χ4n) is 8.18. The van der Waals surface area contributed by atoms with Crippen LogP contribution in [0.15, 0.2) is 71.8 Å². The van der Waals surface area contributed by atoms with Crippen molar-refractivity contribution in [3.63, 3.8) is 0 Å². The molecule has 2 unspecified atom stereocenters. The van der Waals surface area contributed by atoms with E-state index >= 15 is 8.78 Å². The van der Waals surface area contributed by atoms with Crippen molar-refractivity contribution in [3.8, 4) is 11.1 Å². The van der Waals surface area contributed by atoms with Gasteiger partial charge in [-0.1, -0.05) is 6.07 Å². The molecule has 2 saturated heterocycles. The fraction of sp³-hybridized carbons (Fsp3) is 0.350. The zero-order chi connectivity index (χ0) is 37.0. The van der Waals surface area contributed by atoms with Crippen LogP contribution in [0.1, 0.15) is 60.9 Å². The number of nitrogens with zero attached hydrogens (tertiary/aromatic N) is 5. The van der Waals surface area contributed by atoms with Gasteiger partial charge in [-0.25, -0.2) is 4.39 Å². The van der Waals surface area contributed by atoms with E-state index in [0.29, 0.717) is 47.6 Å². The van der Waals surface area contributed by atoms with Crippen LogP contribution in [0.3, 0.4) is 0 Å². The van der Waals surface area contributed by atoms with Crippen LogP contribution in [0.2, 0.25) is 0 Å². The quantitative estimate of drug-likeness (QED) is 0.155. The Labute approximate surface area is 307 Å². The summed E-state index contributed by atoms with van der Waals surface area (Å²) >= 11 is 0. The number of aryl methyl sites for hydroxylation is 3. The molecule has 3 aliphatic rings. The van der Waals surface area contributed by atoms with E-state index in [1.807, 2.05) is 59.1 Å². The molecule has 3 aliphatic heterocycles. The van der Waals surface area contributed by atoms with Crippen LogP contribution in [-0.4, -0.2) is 59.7 Å². The van der Waals surface area contributed by atoms with Crippen LogP contribution >= 0.6 is 0 Å². The van der Waals surface area contributed by atoms with E-state index in [9.17, 15) is 14.4 Å². The Morgan fingerprint density at radius 1 is 0.962 bits per heavy atom. The number of pyridine rings is 1. The van der Waals surface area contributed by atoms with Crippen molar-refractivity contribution in [2.45, 2.75) is 63.6 Å². The van der Waals surface area contributed by atoms with E-state index in [-0.39, 0.29) is 29.7 Å². The lowest BCUT2D eigenvalue weighted by atomic mass is 9.85. The summed E-state index contributed by atoms with van der Waals surface area (Å²) in [5.74, 6) is -1.09. The van der Waals surface area contributed by atoms with E-state index in [1.54, 1.807) is 29.9 Å². The molecule has 0 saturated carbocycles. The van der Waals surface area contributed by atoms with Crippen LogP contribution in [0.4, 0.5) is 31.5 Å². The van der Waals surface area contributed by atoms with Crippen molar-refractivity contribution in [2.75, 3.05) is 34.8 Å². The second-order valence-corrected chi connectivity index (χ2v) is 14.4. The molecule has 3 aromatic carbocycles. The smallest absolute Gasteiger partial charge is 0.253 e. The van der Waals surface area contributed by atoms with E-state index in [4.69, 9.17) is 12.9 Å². The Balaban J connectivity index is 0.999. The minimum atomic E-state index is -1.71. The first-order valence-corrected chi connectivity index (χ1v) is 18.2. The maximum absolute atomic E-state index is 15.3. The van der Waals surface area contributed by atoms with E-state index in [1.165, 1.54) is 6.07 Å². The summed E-state index contributed by atoms with van der Waals surface area (Å²) in [6, 6.07) is 16.2. The first-order chi connectivity index (χ1) is 25.5. The average Bonchev–Trinajstić information content (AvgIpc) is 3.65. The SMILES string of the molecule is [B]C(F)c1cc2c(cc1-c1cnn(C3CCN(c4ccc(NC5CCC(=O)NC5=O)cc4F)CC3)c1)CCCN2c1cccc2c1cc(C)c(=O)n2C. The molecule has 2 N–H and O–H groups in total. The molecular weight excluding hydrogens is 675 g/mol. The van der Waals surface area contributed by atoms with Gasteiger partial charge in [-0.3, -0.25) is 28.8 Å². The maximum Gasteiger partial charge on any atom is 0.253 e. The highest BCUT2D eigenvalue weighted by Gasteiger charge is 2.29. The van der Waals surface area contributed by atoms with Crippen molar-refractivity contribution in [1.29, 1.82) is 0 Å². The second-order valence-electron chi connectivity index (χ2n) is 14.4. The molecule has 2 fully saturated rings. The van der Waals surface area contributed by atoms with Crippen LogP contribution in [0.25, 0.3) is 22.0 Å². The van der Waals surface area contributed by atoms with Gasteiger partial charge in [0.1, 0.15) is 19.7 Å². The lowest BCUT2D eigenvalue weighted by molar-refractivity contribution is -0.133. The Morgan fingerprint density at radius 3 is 2.53 bits per heavy atom. The maximum atomic E-state index is 15.3. The number of halogens is 2. The first kappa shape index (κ1) is 34.6. The predicted molar refractivity (Wildman–Crippen MR) is 203 cm³/mol. The van der Waals surface area contributed by atoms with E-state index < -0.39 is 18.0 Å². The summed E-state index contributed by atoms with van der Waals surface area (Å²) in [5.41, 5.74) is 7.31. The van der Waals surface area contributed by atoms with Gasteiger partial charge in [0.2, 0.25) is 11.8 Å². The number of piperidine rings is 2. The zero-order valence-electron chi connectivity index (χ0n) is 29.7. The van der Waals surface area contributed by atoms with Crippen molar-refractivity contribution in [1.82, 2.24) is 19.7 Å². The minimum Gasteiger partial charge on any atom is -0.374 e. The molecule has 0 aliphatic carbocycles. The van der Waals surface area contributed by atoms with Crippen molar-refractivity contribution >= 4 is 53.3 Å². The zero-order valence-corrected chi connectivity index (χ0v) is 29.7. The average molecular weight is 716 g/mol. The fourth-order valence-corrected chi connectivity index (χ4v) is 8.18. The molecule has 2 radical (unpaired) electrons. The summed E-state index contributed by atoms with van der Waals surface area (Å²) in [7, 11) is 7.78. The third-order valence-corrected chi connectivity index (χ3v) is 11.0. The first-order valence-electron chi connectivity index (χ1n) is 18.2. The molecule has 2 aromatic heterocycles. The van der Waals surface area contributed by atoms with Gasteiger partial charge in [0.25, 0.3) is 5.56 Å². The summed E-state index contributed by atoms with van der Waals surface area (Å²) < 4.78 is 34.2. The van der Waals surface area contributed by atoms with E-state index in [0.717, 1.165) is 65.6 Å². The number of hydrogen-bond acceptors (Lipinski definition) is 7. The highest BCUT2D eigenvalue weighted by atomic mass is 19.1. The van der Waals surface area contributed by atoms with Crippen LogP contribution in [0.5, 0.6) is 0 Å². The minimum absolute atomic E-state index is 0.0307. The normalized spacial score (nSPS) is 18.6. The molecule has 0 bridgehead atoms. The van der Waals surface area contributed by atoms with Gasteiger partial charge in [0.05, 0.1) is 35.2 Å². The van der Waals surface area contributed by atoms with Gasteiger partial charge in [-0.2, -0.15) is 5.10 Å². The van der Waals surface area contributed by atoms with Crippen LogP contribution < -0.4 is 26.0 Å². The van der Waals surface area contributed by atoms with Gasteiger partial charge >= 0.3 is 0 Å². The number of benzene rings is 3. The summed E-state index contributed by atoms with van der Waals surface area (Å²) in [6.45, 7) is 3.81. The number of nitrogens with one attached hydrogen (secondary N) is 2. The standard InChI is InChI=1S/C40H40BF2N7O3/c1-23-17-30-33(47(2)40(23)53)6-3-7-34(30)49-14-4-5-24-18-28(29(38(41)43)20-36(24)49)25-21-44-50(22-25)27-12-15-48(16-13-27)35-10-8-26(19-31(35)42)45-32-9-11-37(51)46-39(32)52/h3,6-8,10,17-22,27,32,38,45H,4-5,9,11-16H2,1-2H3,(H,46,51,52). The van der Waals surface area contributed by atoms with Crippen molar-refractivity contribution in [3.05, 3.63) is 99.9 Å². The van der Waals surface area contributed by atoms with Gasteiger partial charge in [-0.05, 0) is 104 Å². The third-order valence-electron chi connectivity index (χ3n) is 11.0. The Bertz CT molecular complexity index is 2310. The molecule has 0 spiro atoms. The molecule has 10 nitrogen and oxygen atoms in total. The number of imide groups is 1. The second kappa shape index (κ2) is 13.8. The lowest BCUT2D eigenvalue weighted by Gasteiger charge is -2.34. The number of anilines is 4. The van der Waals surface area contributed by atoms with Crippen LogP contribution in [0, 0.1) is 12.7 Å².